The zero-order valence-corrected chi connectivity index (χ0v) is 14.9. The van der Waals surface area contributed by atoms with Crippen molar-refractivity contribution in [1.29, 1.82) is 0 Å². The monoisotopic (exact) mass is 347 g/mol. The van der Waals surface area contributed by atoms with Crippen molar-refractivity contribution in [2.45, 2.75) is 24.6 Å². The van der Waals surface area contributed by atoms with Gasteiger partial charge < -0.3 is 4.42 Å². The lowest BCUT2D eigenvalue weighted by Crippen LogP contribution is -1.90. The van der Waals surface area contributed by atoms with Gasteiger partial charge in [-0.25, -0.2) is 4.98 Å². The Labute approximate surface area is 150 Å². The molecule has 4 rings (SSSR count). The van der Waals surface area contributed by atoms with Crippen LogP contribution in [0, 0.1) is 13.8 Å². The third kappa shape index (κ3) is 3.28. The predicted molar refractivity (Wildman–Crippen MR) is 101 cm³/mol. The molecular weight excluding hydrogens is 330 g/mol. The van der Waals surface area contributed by atoms with E-state index >= 15 is 0 Å². The molecule has 0 aliphatic rings. The third-order valence-electron chi connectivity index (χ3n) is 4.06. The van der Waals surface area contributed by atoms with Crippen molar-refractivity contribution in [3.8, 4) is 11.5 Å². The van der Waals surface area contributed by atoms with Crippen LogP contribution in [0.3, 0.4) is 0 Å². The van der Waals surface area contributed by atoms with Gasteiger partial charge in [0.05, 0.1) is 16.3 Å². The number of aryl methyl sites for hydroxylation is 2. The molecule has 25 heavy (non-hydrogen) atoms. The van der Waals surface area contributed by atoms with Crippen LogP contribution in [-0.2, 0) is 5.75 Å². The highest BCUT2D eigenvalue weighted by Crippen LogP contribution is 2.28. The lowest BCUT2D eigenvalue weighted by Gasteiger charge is -2.07. The van der Waals surface area contributed by atoms with E-state index in [1.807, 2.05) is 30.3 Å². The van der Waals surface area contributed by atoms with Gasteiger partial charge in [-0.05, 0) is 43.2 Å². The van der Waals surface area contributed by atoms with Crippen LogP contribution in [0.5, 0.6) is 0 Å². The standard InChI is InChI=1S/C20H17N3OS/c1-13-7-6-10-16-14(2)11-18(21-19(13)16)25-12-17-22-23-20(24-17)15-8-4-3-5-9-15/h3-11H,12H2,1-2H3. The van der Waals surface area contributed by atoms with Gasteiger partial charge >= 0.3 is 0 Å². The van der Waals surface area contributed by atoms with E-state index in [-0.39, 0.29) is 0 Å². The second-order valence-corrected chi connectivity index (χ2v) is 6.90. The van der Waals surface area contributed by atoms with E-state index in [1.165, 1.54) is 16.5 Å². The van der Waals surface area contributed by atoms with Gasteiger partial charge in [-0.1, -0.05) is 48.2 Å². The first-order valence-electron chi connectivity index (χ1n) is 8.08. The Morgan fingerprint density at radius 3 is 2.60 bits per heavy atom. The summed E-state index contributed by atoms with van der Waals surface area (Å²) in [5.74, 6) is 1.76. The first-order chi connectivity index (χ1) is 12.2. The van der Waals surface area contributed by atoms with Crippen LogP contribution in [0.25, 0.3) is 22.4 Å². The quantitative estimate of drug-likeness (QED) is 0.475. The number of thioether (sulfide) groups is 1. The Morgan fingerprint density at radius 1 is 0.920 bits per heavy atom. The molecular formula is C20H17N3OS. The van der Waals surface area contributed by atoms with Crippen molar-refractivity contribution in [2.75, 3.05) is 0 Å². The molecule has 0 saturated heterocycles. The van der Waals surface area contributed by atoms with Gasteiger partial charge in [0.25, 0.3) is 0 Å². The summed E-state index contributed by atoms with van der Waals surface area (Å²) in [7, 11) is 0. The largest absolute Gasteiger partial charge is 0.420 e. The normalized spacial score (nSPS) is 11.1. The van der Waals surface area contributed by atoms with Crippen LogP contribution in [0.1, 0.15) is 17.0 Å². The lowest BCUT2D eigenvalue weighted by atomic mass is 10.1. The van der Waals surface area contributed by atoms with Gasteiger partial charge in [0.1, 0.15) is 0 Å². The minimum absolute atomic E-state index is 0.551. The van der Waals surface area contributed by atoms with Gasteiger partial charge in [0.2, 0.25) is 11.8 Å². The Morgan fingerprint density at radius 2 is 1.76 bits per heavy atom. The van der Waals surface area contributed by atoms with Crippen LogP contribution >= 0.6 is 11.8 Å². The maximum absolute atomic E-state index is 5.76. The molecule has 0 N–H and O–H groups in total. The zero-order chi connectivity index (χ0) is 17.2. The number of nitrogens with zero attached hydrogens (tertiary/aromatic N) is 3. The average Bonchev–Trinajstić information content (AvgIpc) is 3.11. The molecule has 0 amide bonds. The number of hydrogen-bond donors (Lipinski definition) is 0. The van der Waals surface area contributed by atoms with Crippen LogP contribution in [0.2, 0.25) is 0 Å². The van der Waals surface area contributed by atoms with E-state index in [0.717, 1.165) is 16.1 Å². The van der Waals surface area contributed by atoms with Gasteiger partial charge in [-0.3, -0.25) is 0 Å². The van der Waals surface area contributed by atoms with Crippen molar-refractivity contribution in [2.24, 2.45) is 0 Å². The van der Waals surface area contributed by atoms with Crippen molar-refractivity contribution in [1.82, 2.24) is 15.2 Å². The molecule has 0 spiro atoms. The van der Waals surface area contributed by atoms with Gasteiger partial charge in [-0.2, -0.15) is 0 Å². The van der Waals surface area contributed by atoms with Crippen LogP contribution < -0.4 is 0 Å². The summed E-state index contributed by atoms with van der Waals surface area (Å²) < 4.78 is 5.76. The molecule has 0 saturated carbocycles. The number of aromatic nitrogens is 3. The maximum atomic E-state index is 5.76. The molecule has 2 aromatic carbocycles. The van der Waals surface area contributed by atoms with Crippen molar-refractivity contribution in [3.63, 3.8) is 0 Å². The van der Waals surface area contributed by atoms with Crippen molar-refractivity contribution < 1.29 is 4.42 Å². The van der Waals surface area contributed by atoms with E-state index in [9.17, 15) is 0 Å². The minimum Gasteiger partial charge on any atom is -0.420 e. The fraction of sp³-hybridized carbons (Fsp3) is 0.150. The molecule has 2 aromatic heterocycles. The zero-order valence-electron chi connectivity index (χ0n) is 14.1. The van der Waals surface area contributed by atoms with Crippen molar-refractivity contribution >= 4 is 22.7 Å². The molecule has 0 unspecified atom stereocenters. The number of para-hydroxylation sites is 1. The molecule has 124 valence electrons. The number of benzene rings is 2. The van der Waals surface area contributed by atoms with Crippen molar-refractivity contribution in [3.05, 3.63) is 71.6 Å². The number of pyridine rings is 1. The van der Waals surface area contributed by atoms with E-state index in [4.69, 9.17) is 9.40 Å². The summed E-state index contributed by atoms with van der Waals surface area (Å²) in [4.78, 5) is 4.79. The van der Waals surface area contributed by atoms with Gasteiger partial charge in [0.15, 0.2) is 0 Å². The Hall–Kier alpha value is -2.66. The summed E-state index contributed by atoms with van der Waals surface area (Å²) in [6, 6.07) is 18.2. The molecule has 2 heterocycles. The average molecular weight is 347 g/mol. The van der Waals surface area contributed by atoms with E-state index in [0.29, 0.717) is 17.5 Å². The lowest BCUT2D eigenvalue weighted by molar-refractivity contribution is 0.528. The van der Waals surface area contributed by atoms with Gasteiger partial charge in [0, 0.05) is 10.9 Å². The second-order valence-electron chi connectivity index (χ2n) is 5.90. The Kier molecular flexibility index (Phi) is 4.24. The highest BCUT2D eigenvalue weighted by molar-refractivity contribution is 7.98. The molecule has 4 nitrogen and oxygen atoms in total. The summed E-state index contributed by atoms with van der Waals surface area (Å²) in [5.41, 5.74) is 4.40. The predicted octanol–water partition coefficient (Wildman–Crippen LogP) is 5.19. The summed E-state index contributed by atoms with van der Waals surface area (Å²) in [6.07, 6.45) is 0. The SMILES string of the molecule is Cc1cc(SCc2nnc(-c3ccccc3)o2)nc2c(C)cccc12. The van der Waals surface area contributed by atoms with E-state index in [2.05, 4.69) is 48.3 Å². The smallest absolute Gasteiger partial charge is 0.247 e. The third-order valence-corrected chi connectivity index (χ3v) is 4.95. The molecule has 0 aliphatic heterocycles. The minimum atomic E-state index is 0.551. The van der Waals surface area contributed by atoms with Crippen LogP contribution in [0.4, 0.5) is 0 Å². The molecule has 0 aliphatic carbocycles. The first-order valence-corrected chi connectivity index (χ1v) is 9.07. The molecule has 5 heteroatoms. The van der Waals surface area contributed by atoms with Crippen LogP contribution in [0.15, 0.2) is 64.0 Å². The summed E-state index contributed by atoms with van der Waals surface area (Å²) in [5, 5.41) is 10.4. The number of hydrogen-bond acceptors (Lipinski definition) is 5. The highest BCUT2D eigenvalue weighted by Gasteiger charge is 2.10. The second kappa shape index (κ2) is 6.69. The Bertz CT molecular complexity index is 1030. The number of fused-ring (bicyclic) bond motifs is 1. The summed E-state index contributed by atoms with van der Waals surface area (Å²) in [6.45, 7) is 4.21. The fourth-order valence-electron chi connectivity index (χ4n) is 2.75. The maximum Gasteiger partial charge on any atom is 0.247 e. The summed E-state index contributed by atoms with van der Waals surface area (Å²) >= 11 is 1.61. The fourth-order valence-corrected chi connectivity index (χ4v) is 3.55. The topological polar surface area (TPSA) is 51.8 Å². The molecule has 0 fully saturated rings. The molecule has 0 radical (unpaired) electrons. The van der Waals surface area contributed by atoms with E-state index < -0.39 is 0 Å². The molecule has 0 atom stereocenters. The van der Waals surface area contributed by atoms with E-state index in [1.54, 1.807) is 11.8 Å². The number of rotatable bonds is 4. The molecule has 0 bridgehead atoms. The van der Waals surface area contributed by atoms with Gasteiger partial charge in [-0.15, -0.1) is 10.2 Å². The first kappa shape index (κ1) is 15.8. The highest BCUT2D eigenvalue weighted by atomic mass is 32.2. The molecule has 4 aromatic rings. The van der Waals surface area contributed by atoms with Crippen LogP contribution in [-0.4, -0.2) is 15.2 Å². The Balaban J connectivity index is 1.55.